The number of allylic oxidation sites excluding steroid dienone is 2. The lowest BCUT2D eigenvalue weighted by atomic mass is 9.82. The van der Waals surface area contributed by atoms with Gasteiger partial charge in [0, 0.05) is 39.2 Å². The van der Waals surface area contributed by atoms with Crippen LogP contribution < -0.4 is 0 Å². The first-order valence-electron chi connectivity index (χ1n) is 20.1. The van der Waals surface area contributed by atoms with Crippen molar-refractivity contribution < 1.29 is 72.4 Å². The van der Waals surface area contributed by atoms with E-state index < -0.39 is 121 Å². The van der Waals surface area contributed by atoms with Crippen molar-refractivity contribution in [2.24, 2.45) is 11.8 Å². The highest BCUT2D eigenvalue weighted by atomic mass is 16.7. The summed E-state index contributed by atoms with van der Waals surface area (Å²) in [6.07, 6.45) is -4.08. The lowest BCUT2D eigenvalue weighted by Crippen LogP contribution is -2.66. The lowest BCUT2D eigenvalue weighted by Gasteiger charge is -2.50. The Morgan fingerprint density at radius 2 is 1.63 bits per heavy atom. The molecular weight excluding hydrogens is 746 g/mol. The van der Waals surface area contributed by atoms with Crippen molar-refractivity contribution in [2.45, 2.75) is 179 Å². The average molecular weight is 814 g/mol. The van der Waals surface area contributed by atoms with Crippen molar-refractivity contribution in [1.29, 1.82) is 0 Å². The second kappa shape index (κ2) is 22.5. The van der Waals surface area contributed by atoms with Crippen LogP contribution in [0.3, 0.4) is 0 Å². The Labute approximate surface area is 337 Å². The molecule has 0 unspecified atom stereocenters. The smallest absolute Gasteiger partial charge is 0.309 e. The van der Waals surface area contributed by atoms with E-state index in [4.69, 9.17) is 37.9 Å². The van der Waals surface area contributed by atoms with Crippen LogP contribution in [0.25, 0.3) is 0 Å². The summed E-state index contributed by atoms with van der Waals surface area (Å²) in [5.41, 5.74) is -1.49. The van der Waals surface area contributed by atoms with Crippen LogP contribution in [0.4, 0.5) is 0 Å². The number of aldehydes is 1. The molecule has 0 aliphatic carbocycles. The Kier molecular flexibility index (Phi) is 19.2. The number of hydrogen-bond acceptors (Lipinski definition) is 16. The number of hydrogen-bond donors (Lipinski definition) is 3. The van der Waals surface area contributed by atoms with E-state index in [9.17, 15) is 34.5 Å². The van der Waals surface area contributed by atoms with Crippen LogP contribution in [-0.2, 0) is 57.1 Å². The quantitative estimate of drug-likeness (QED) is 0.147. The number of aliphatic hydroxyl groups is 3. The number of likely N-dealkylation sites (N-methyl/N-ethyl adjacent to an activating group) is 1. The van der Waals surface area contributed by atoms with E-state index in [1.54, 1.807) is 78.8 Å². The van der Waals surface area contributed by atoms with E-state index in [-0.39, 0.29) is 32.1 Å². The molecule has 0 aromatic carbocycles. The molecule has 0 aromatic rings. The van der Waals surface area contributed by atoms with Crippen LogP contribution in [0.2, 0.25) is 0 Å². The Morgan fingerprint density at radius 1 is 0.965 bits per heavy atom. The van der Waals surface area contributed by atoms with Crippen molar-refractivity contribution in [1.82, 2.24) is 4.90 Å². The molecule has 2 fully saturated rings. The first-order chi connectivity index (χ1) is 26.9. The molecule has 0 saturated carbocycles. The van der Waals surface area contributed by atoms with Gasteiger partial charge in [-0.15, -0.1) is 0 Å². The number of esters is 3. The van der Waals surface area contributed by atoms with Crippen molar-refractivity contribution in [3.8, 4) is 0 Å². The van der Waals surface area contributed by atoms with Crippen molar-refractivity contribution >= 4 is 24.2 Å². The number of ether oxygens (including phenoxy) is 8. The summed E-state index contributed by atoms with van der Waals surface area (Å²) in [7, 11) is 4.86. The molecule has 0 amide bonds. The predicted octanol–water partition coefficient (Wildman–Crippen LogP) is 2.77. The minimum atomic E-state index is -1.49. The first-order valence-corrected chi connectivity index (χ1v) is 20.1. The molecule has 0 aromatic heterocycles. The lowest BCUT2D eigenvalue weighted by molar-refractivity contribution is -0.344. The number of cyclic esters (lactones) is 1. The van der Waals surface area contributed by atoms with Gasteiger partial charge in [-0.2, -0.15) is 0 Å². The van der Waals surface area contributed by atoms with Gasteiger partial charge < -0.3 is 62.9 Å². The van der Waals surface area contributed by atoms with Crippen LogP contribution >= 0.6 is 0 Å². The van der Waals surface area contributed by atoms with Crippen LogP contribution in [0.1, 0.15) is 93.4 Å². The van der Waals surface area contributed by atoms with Crippen molar-refractivity contribution in [2.75, 3.05) is 21.2 Å². The van der Waals surface area contributed by atoms with Gasteiger partial charge in [0.2, 0.25) is 0 Å². The molecule has 16 heteroatoms. The molecule has 16 atom stereocenters. The third-order valence-electron chi connectivity index (χ3n) is 10.9. The summed E-state index contributed by atoms with van der Waals surface area (Å²) in [5.74, 6) is -2.82. The van der Waals surface area contributed by atoms with Crippen LogP contribution in [0.15, 0.2) is 24.3 Å². The summed E-state index contributed by atoms with van der Waals surface area (Å²) in [4.78, 5) is 52.3. The van der Waals surface area contributed by atoms with Gasteiger partial charge in [-0.1, -0.05) is 45.1 Å². The first kappa shape index (κ1) is 48.6. The third kappa shape index (κ3) is 13.6. The third-order valence-corrected chi connectivity index (χ3v) is 10.9. The molecule has 57 heavy (non-hydrogen) atoms. The van der Waals surface area contributed by atoms with E-state index in [1.807, 2.05) is 13.0 Å². The Balaban J connectivity index is 2.01. The molecule has 0 spiro atoms. The van der Waals surface area contributed by atoms with Gasteiger partial charge in [-0.05, 0) is 60.0 Å². The van der Waals surface area contributed by atoms with E-state index >= 15 is 0 Å². The second-order valence-corrected chi connectivity index (χ2v) is 16.0. The molecule has 0 bridgehead atoms. The highest BCUT2D eigenvalue weighted by molar-refractivity contribution is 5.72. The fourth-order valence-electron chi connectivity index (χ4n) is 7.82. The van der Waals surface area contributed by atoms with Gasteiger partial charge in [-0.3, -0.25) is 14.4 Å². The SMILES string of the molecule is CCC(=O)O[C@H]1CC(=O)O[C@@H](C)C/C=C/C=C/[C@@H](O)[C@@H](C)C[C@@H](CC=O)[C@@H](O[C@H]2O[C@H](C)[C@H](O[C@H]3C[C@](C)(O)[C@H](OC(=O)CC)[C@H](C)O3)[C@H](N(C)C)[C@@H]2O)[C@@H]1OC. The Morgan fingerprint density at radius 3 is 2.23 bits per heavy atom. The molecule has 3 rings (SSSR count). The monoisotopic (exact) mass is 813 g/mol. The van der Waals surface area contributed by atoms with Gasteiger partial charge in [0.1, 0.15) is 42.4 Å². The zero-order valence-electron chi connectivity index (χ0n) is 35.2. The molecule has 3 aliphatic rings. The zero-order valence-corrected chi connectivity index (χ0v) is 35.2. The molecule has 326 valence electrons. The van der Waals surface area contributed by atoms with Crippen molar-refractivity contribution in [3.05, 3.63) is 24.3 Å². The van der Waals surface area contributed by atoms with Crippen LogP contribution in [0.5, 0.6) is 0 Å². The highest BCUT2D eigenvalue weighted by Crippen LogP contribution is 2.37. The maximum Gasteiger partial charge on any atom is 0.309 e. The minimum absolute atomic E-state index is 0.000633. The summed E-state index contributed by atoms with van der Waals surface area (Å²) in [5, 5.41) is 34.5. The van der Waals surface area contributed by atoms with Gasteiger partial charge >= 0.3 is 17.9 Å². The van der Waals surface area contributed by atoms with Gasteiger partial charge in [0.25, 0.3) is 0 Å². The highest BCUT2D eigenvalue weighted by Gasteiger charge is 2.53. The molecule has 0 radical (unpaired) electrons. The summed E-state index contributed by atoms with van der Waals surface area (Å²) < 4.78 is 48.5. The van der Waals surface area contributed by atoms with Gasteiger partial charge in [-0.25, -0.2) is 0 Å². The van der Waals surface area contributed by atoms with E-state index in [0.29, 0.717) is 12.7 Å². The van der Waals surface area contributed by atoms with E-state index in [2.05, 4.69) is 0 Å². The molecule has 3 aliphatic heterocycles. The number of aliphatic hydroxyl groups excluding tert-OH is 2. The molecule has 16 nitrogen and oxygen atoms in total. The normalized spacial score (nSPS) is 41.1. The van der Waals surface area contributed by atoms with Crippen LogP contribution in [-0.4, -0.2) is 151 Å². The zero-order chi connectivity index (χ0) is 42.6. The number of carbonyl (C=O) groups excluding carboxylic acids is 4. The van der Waals surface area contributed by atoms with E-state index in [1.165, 1.54) is 7.11 Å². The summed E-state index contributed by atoms with van der Waals surface area (Å²) >= 11 is 0. The Hall–Kier alpha value is -2.80. The van der Waals surface area contributed by atoms with Gasteiger partial charge in [0.15, 0.2) is 18.7 Å². The van der Waals surface area contributed by atoms with Gasteiger partial charge in [0.05, 0.1) is 36.9 Å². The predicted molar refractivity (Wildman–Crippen MR) is 205 cm³/mol. The molecule has 3 heterocycles. The van der Waals surface area contributed by atoms with Crippen molar-refractivity contribution in [3.63, 3.8) is 0 Å². The maximum atomic E-state index is 13.3. The fourth-order valence-corrected chi connectivity index (χ4v) is 7.82. The topological polar surface area (TPSA) is 206 Å². The minimum Gasteiger partial charge on any atom is -0.462 e. The number of rotatable bonds is 12. The number of carbonyl (C=O) groups is 4. The molecule has 2 saturated heterocycles. The maximum absolute atomic E-state index is 13.3. The summed E-state index contributed by atoms with van der Waals surface area (Å²) in [6.45, 7) is 11.8. The molecule has 3 N–H and O–H groups in total. The molecular formula is C41H67NO15. The summed E-state index contributed by atoms with van der Waals surface area (Å²) in [6, 6.07) is -0.779. The fraction of sp³-hybridized carbons (Fsp3) is 0.805. The second-order valence-electron chi connectivity index (χ2n) is 16.0. The number of nitrogens with zero attached hydrogens (tertiary/aromatic N) is 1. The van der Waals surface area contributed by atoms with E-state index in [0.717, 1.165) is 0 Å². The standard InChI is InChI=1S/C41H67NO15/c1-11-30(45)54-29-21-32(47)51-24(4)16-14-13-15-17-28(44)23(3)20-27(18-19-43)37(38(29)50-10)57-40-35(48)34(42(8)9)36(25(5)53-40)56-33-22-41(7,49)39(26(6)52-33)55-31(46)12-2/h13-15,17,19,23-29,33-40,44,48-49H,11-12,16,18,20-22H2,1-10H3/b14-13+,17-15+/t23-,24-,25+,26-,27+,28+,29-,33-,34+,35-,36-,37+,38+,39+,40+,41-/m0/s1. The number of methoxy groups -OCH3 is 1. The average Bonchev–Trinajstić information content (AvgIpc) is 3.13. The largest absolute Gasteiger partial charge is 0.462 e. The van der Waals surface area contributed by atoms with Crippen LogP contribution in [0, 0.1) is 11.8 Å². The Bertz CT molecular complexity index is 1350.